The van der Waals surface area contributed by atoms with Crippen LogP contribution in [0, 0.1) is 10.8 Å². The molecule has 2 aliphatic rings. The zero-order valence-corrected chi connectivity index (χ0v) is 14.9. The molecule has 2 rings (SSSR count). The van der Waals surface area contributed by atoms with Crippen LogP contribution in [0.3, 0.4) is 0 Å². The first-order chi connectivity index (χ1) is 6.71. The van der Waals surface area contributed by atoms with Crippen molar-refractivity contribution in [2.24, 2.45) is 10.8 Å². The third kappa shape index (κ3) is 1.33. The van der Waals surface area contributed by atoms with Crippen molar-refractivity contribution in [2.75, 3.05) is 0 Å². The molecular formula is C10H14Br4O. The maximum atomic E-state index is 10.5. The van der Waals surface area contributed by atoms with E-state index in [0.29, 0.717) is 0 Å². The summed E-state index contributed by atoms with van der Waals surface area (Å²) in [5.41, 5.74) is -0.0590. The van der Waals surface area contributed by atoms with Gasteiger partial charge in [0.05, 0.1) is 14.2 Å². The molecule has 0 heterocycles. The van der Waals surface area contributed by atoms with Crippen molar-refractivity contribution in [3.05, 3.63) is 0 Å². The van der Waals surface area contributed by atoms with Crippen molar-refractivity contribution in [1.29, 1.82) is 0 Å². The molecule has 0 aromatic rings. The Morgan fingerprint density at radius 2 is 1.80 bits per heavy atom. The number of alkyl halides is 4. The molecule has 0 aromatic carbocycles. The predicted octanol–water partition coefficient (Wildman–Crippen LogP) is 4.18. The van der Waals surface area contributed by atoms with Crippen molar-refractivity contribution < 1.29 is 5.11 Å². The predicted molar refractivity (Wildman–Crippen MR) is 77.5 cm³/mol. The van der Waals surface area contributed by atoms with Crippen molar-refractivity contribution in [2.45, 2.75) is 45.7 Å². The minimum absolute atomic E-state index is 0.0515. The summed E-state index contributed by atoms with van der Waals surface area (Å²) in [4.78, 5) is 0.284. The fourth-order valence-electron chi connectivity index (χ4n) is 3.36. The fraction of sp³-hybridized carbons (Fsp3) is 1.00. The van der Waals surface area contributed by atoms with Crippen LogP contribution in [0.4, 0.5) is 0 Å². The topological polar surface area (TPSA) is 20.2 Å². The highest BCUT2D eigenvalue weighted by atomic mass is 79.9. The highest BCUT2D eigenvalue weighted by Crippen LogP contribution is 2.73. The van der Waals surface area contributed by atoms with E-state index in [2.05, 4.69) is 77.6 Å². The lowest BCUT2D eigenvalue weighted by Crippen LogP contribution is -2.48. The maximum absolute atomic E-state index is 10.5. The lowest BCUT2D eigenvalue weighted by atomic mass is 9.65. The van der Waals surface area contributed by atoms with Gasteiger partial charge in [0.25, 0.3) is 0 Å². The molecule has 0 radical (unpaired) electrons. The van der Waals surface area contributed by atoms with Crippen molar-refractivity contribution in [3.63, 3.8) is 0 Å². The summed E-state index contributed by atoms with van der Waals surface area (Å²) in [6.07, 6.45) is 1.81. The zero-order chi connectivity index (χ0) is 11.6. The molecule has 0 aromatic heterocycles. The molecule has 2 saturated carbocycles. The van der Waals surface area contributed by atoms with E-state index in [4.69, 9.17) is 0 Å². The average molecular weight is 470 g/mol. The van der Waals surface area contributed by atoms with Gasteiger partial charge in [-0.2, -0.15) is 0 Å². The normalized spacial score (nSPS) is 52.8. The SMILES string of the molecule is CC1(C)[C@@H](O)[C@]2(Br)CC[C@@]1(C(Br)Br)[C@H]2Br. The van der Waals surface area contributed by atoms with Crippen molar-refractivity contribution >= 4 is 63.7 Å². The van der Waals surface area contributed by atoms with E-state index >= 15 is 0 Å². The Balaban J connectivity index is 2.56. The maximum Gasteiger partial charge on any atom is 0.0771 e. The summed E-state index contributed by atoms with van der Waals surface area (Å²) in [6.45, 7) is 4.31. The summed E-state index contributed by atoms with van der Waals surface area (Å²) < 4.78 is 0.0458. The zero-order valence-electron chi connectivity index (χ0n) is 8.61. The Kier molecular flexibility index (Phi) is 3.27. The van der Waals surface area contributed by atoms with Gasteiger partial charge in [-0.15, -0.1) is 0 Å². The van der Waals surface area contributed by atoms with Gasteiger partial charge in [-0.05, 0) is 12.8 Å². The molecule has 1 nitrogen and oxygen atoms in total. The lowest BCUT2D eigenvalue weighted by molar-refractivity contribution is -0.0213. The Bertz CT molecular complexity index is 293. The van der Waals surface area contributed by atoms with Gasteiger partial charge in [0.2, 0.25) is 0 Å². The Morgan fingerprint density at radius 3 is 2.07 bits per heavy atom. The molecule has 88 valence electrons. The first-order valence-electron chi connectivity index (χ1n) is 5.00. The largest absolute Gasteiger partial charge is 0.391 e. The molecule has 2 fully saturated rings. The summed E-state index contributed by atoms with van der Waals surface area (Å²) >= 11 is 14.9. The van der Waals surface area contributed by atoms with Gasteiger partial charge in [0.1, 0.15) is 0 Å². The van der Waals surface area contributed by atoms with E-state index in [1.165, 1.54) is 0 Å². The first kappa shape index (κ1) is 13.3. The van der Waals surface area contributed by atoms with Gasteiger partial charge < -0.3 is 5.11 Å². The third-order valence-corrected chi connectivity index (χ3v) is 9.69. The van der Waals surface area contributed by atoms with E-state index < -0.39 is 0 Å². The van der Waals surface area contributed by atoms with Crippen LogP contribution >= 0.6 is 63.7 Å². The monoisotopic (exact) mass is 466 g/mol. The van der Waals surface area contributed by atoms with Crippen molar-refractivity contribution in [1.82, 2.24) is 0 Å². The molecule has 0 aliphatic heterocycles. The smallest absolute Gasteiger partial charge is 0.0771 e. The van der Waals surface area contributed by atoms with E-state index in [0.717, 1.165) is 12.8 Å². The van der Waals surface area contributed by atoms with Crippen LogP contribution in [0.15, 0.2) is 0 Å². The second-order valence-corrected chi connectivity index (χ2v) is 10.7. The highest BCUT2D eigenvalue weighted by molar-refractivity contribution is 9.24. The number of hydrogen-bond donors (Lipinski definition) is 1. The molecule has 2 aliphatic carbocycles. The van der Waals surface area contributed by atoms with E-state index in [1.807, 2.05) is 0 Å². The quantitative estimate of drug-likeness (QED) is 0.571. The number of aliphatic hydroxyl groups excluding tert-OH is 1. The lowest BCUT2D eigenvalue weighted by Gasteiger charge is -2.46. The fourth-order valence-corrected chi connectivity index (χ4v) is 8.98. The van der Waals surface area contributed by atoms with Crippen LogP contribution in [0.2, 0.25) is 0 Å². The molecule has 0 spiro atoms. The van der Waals surface area contributed by atoms with Crippen LogP contribution in [0.1, 0.15) is 26.7 Å². The Morgan fingerprint density at radius 1 is 1.27 bits per heavy atom. The molecule has 2 bridgehead atoms. The van der Waals surface area contributed by atoms with Gasteiger partial charge in [0, 0.05) is 15.7 Å². The minimum Gasteiger partial charge on any atom is -0.391 e. The third-order valence-electron chi connectivity index (χ3n) is 4.52. The molecule has 5 heteroatoms. The summed E-state index contributed by atoms with van der Waals surface area (Å²) in [7, 11) is 0. The standard InChI is InChI=1S/C10H14Br4O/c1-8(2)6(15)10(14)4-3-9(8,5(10)11)7(12)13/h5-7,15H,3-4H2,1-2H3/t5-,6-,9+,10+/m1/s1. The minimum atomic E-state index is -0.319. The van der Waals surface area contributed by atoms with Gasteiger partial charge in [0.15, 0.2) is 0 Å². The van der Waals surface area contributed by atoms with E-state index in [1.54, 1.807) is 0 Å². The van der Waals surface area contributed by atoms with Crippen LogP contribution in [-0.2, 0) is 0 Å². The Labute approximate surface area is 124 Å². The van der Waals surface area contributed by atoms with Crippen LogP contribution < -0.4 is 0 Å². The molecule has 0 saturated heterocycles. The molecule has 15 heavy (non-hydrogen) atoms. The first-order valence-corrected chi connectivity index (χ1v) is 8.54. The molecular weight excluding hydrogens is 456 g/mol. The molecule has 0 amide bonds. The second kappa shape index (κ2) is 3.69. The van der Waals surface area contributed by atoms with Gasteiger partial charge in [-0.3, -0.25) is 0 Å². The van der Waals surface area contributed by atoms with Crippen molar-refractivity contribution in [3.8, 4) is 0 Å². The highest BCUT2D eigenvalue weighted by Gasteiger charge is 2.75. The average Bonchev–Trinajstić information content (AvgIpc) is 2.45. The number of aliphatic hydroxyl groups is 1. The summed E-state index contributed by atoms with van der Waals surface area (Å²) in [5.74, 6) is 0. The van der Waals surface area contributed by atoms with Gasteiger partial charge in [-0.1, -0.05) is 77.6 Å². The van der Waals surface area contributed by atoms with Crippen LogP contribution in [0.5, 0.6) is 0 Å². The molecule has 1 N–H and O–H groups in total. The second-order valence-electron chi connectivity index (χ2n) is 5.25. The molecule has 4 atom stereocenters. The number of hydrogen-bond acceptors (Lipinski definition) is 1. The van der Waals surface area contributed by atoms with Gasteiger partial charge >= 0.3 is 0 Å². The van der Waals surface area contributed by atoms with Gasteiger partial charge in [-0.25, -0.2) is 0 Å². The van der Waals surface area contributed by atoms with Crippen LogP contribution in [0.25, 0.3) is 0 Å². The number of halogens is 4. The Hall–Kier alpha value is 1.88. The summed E-state index contributed by atoms with van der Waals surface area (Å²) in [5, 5.41) is 10.5. The van der Waals surface area contributed by atoms with Crippen LogP contribution in [-0.4, -0.2) is 24.1 Å². The van der Waals surface area contributed by atoms with E-state index in [9.17, 15) is 5.11 Å². The molecule has 0 unspecified atom stereocenters. The number of rotatable bonds is 1. The number of fused-ring (bicyclic) bond motifs is 2. The summed E-state index contributed by atoms with van der Waals surface area (Å²) in [6, 6.07) is 0. The van der Waals surface area contributed by atoms with E-state index in [-0.39, 0.29) is 29.8 Å².